The van der Waals surface area contributed by atoms with Gasteiger partial charge in [0.1, 0.15) is 0 Å². The van der Waals surface area contributed by atoms with E-state index in [0.717, 1.165) is 11.1 Å². The van der Waals surface area contributed by atoms with Gasteiger partial charge in [0, 0.05) is 19.1 Å². The minimum atomic E-state index is -0.428. The number of carbonyl (C=O) groups is 1. The van der Waals surface area contributed by atoms with E-state index in [0.29, 0.717) is 6.42 Å². The molecule has 1 aliphatic rings. The van der Waals surface area contributed by atoms with Crippen molar-refractivity contribution >= 4 is 11.4 Å². The number of ether oxygens (including phenoxy) is 1. The lowest BCUT2D eigenvalue weighted by molar-refractivity contribution is -0.117. The first-order chi connectivity index (χ1) is 8.09. The fourth-order valence-electron chi connectivity index (χ4n) is 2.32. The van der Waals surface area contributed by atoms with E-state index in [2.05, 4.69) is 13.8 Å². The second-order valence-corrected chi connectivity index (χ2v) is 4.84. The van der Waals surface area contributed by atoms with E-state index in [1.54, 1.807) is 7.11 Å². The predicted octanol–water partition coefficient (Wildman–Crippen LogP) is 3.08. The van der Waals surface area contributed by atoms with Crippen LogP contribution in [0.5, 0.6) is 0 Å². The number of methoxy groups -OCH3 is 1. The summed E-state index contributed by atoms with van der Waals surface area (Å²) in [5.41, 5.74) is 1.35. The quantitative estimate of drug-likeness (QED) is 0.797. The van der Waals surface area contributed by atoms with Gasteiger partial charge < -0.3 is 4.74 Å². The third-order valence-electron chi connectivity index (χ3n) is 3.57. The largest absolute Gasteiger partial charge is 0.373 e. The Hall–Kier alpha value is -1.41. The third kappa shape index (κ3) is 2.05. The van der Waals surface area contributed by atoms with E-state index >= 15 is 0 Å². The fraction of sp³-hybridized carbons (Fsp3) is 0.400. The number of rotatable bonds is 3. The third-order valence-corrected chi connectivity index (χ3v) is 3.57. The molecule has 90 valence electrons. The van der Waals surface area contributed by atoms with Crippen LogP contribution in [0, 0.1) is 5.92 Å². The van der Waals surface area contributed by atoms with Crippen molar-refractivity contribution in [2.75, 3.05) is 7.11 Å². The second-order valence-electron chi connectivity index (χ2n) is 4.84. The lowest BCUT2D eigenvalue weighted by Crippen LogP contribution is -2.33. The molecule has 0 aliphatic heterocycles. The summed E-state index contributed by atoms with van der Waals surface area (Å²) in [6.45, 7) is 4.17. The van der Waals surface area contributed by atoms with Gasteiger partial charge in [-0.25, -0.2) is 0 Å². The van der Waals surface area contributed by atoms with Gasteiger partial charge in [-0.15, -0.1) is 0 Å². The highest BCUT2D eigenvalue weighted by molar-refractivity contribution is 6.23. The number of Topliss-reactive ketones (excluding diaryl/α,β-unsaturated/α-hetero) is 1. The van der Waals surface area contributed by atoms with E-state index in [-0.39, 0.29) is 11.7 Å². The highest BCUT2D eigenvalue weighted by Crippen LogP contribution is 2.38. The molecular weight excluding hydrogens is 212 g/mol. The molecule has 0 heterocycles. The van der Waals surface area contributed by atoms with Crippen LogP contribution in [-0.2, 0) is 9.53 Å². The van der Waals surface area contributed by atoms with Gasteiger partial charge in [0.2, 0.25) is 0 Å². The van der Waals surface area contributed by atoms with Gasteiger partial charge in [-0.3, -0.25) is 4.79 Å². The Labute approximate surface area is 102 Å². The molecule has 0 N–H and O–H groups in total. The molecule has 2 nitrogen and oxygen atoms in total. The van der Waals surface area contributed by atoms with Crippen molar-refractivity contribution in [1.82, 2.24) is 0 Å². The number of allylic oxidation sites excluding steroid dienone is 1. The Balaban J connectivity index is 2.42. The van der Waals surface area contributed by atoms with E-state index in [1.807, 2.05) is 36.4 Å². The maximum atomic E-state index is 12.1. The Morgan fingerprint density at radius 3 is 2.35 bits per heavy atom. The lowest BCUT2D eigenvalue weighted by atomic mass is 9.89. The zero-order valence-corrected chi connectivity index (χ0v) is 10.6. The van der Waals surface area contributed by atoms with Gasteiger partial charge in [-0.2, -0.15) is 0 Å². The van der Waals surface area contributed by atoms with E-state index in [1.165, 1.54) is 0 Å². The van der Waals surface area contributed by atoms with Crippen molar-refractivity contribution in [3.63, 3.8) is 0 Å². The molecule has 1 aromatic carbocycles. The average molecular weight is 230 g/mol. The smallest absolute Gasteiger partial charge is 0.166 e. The number of hydrogen-bond acceptors (Lipinski definition) is 2. The van der Waals surface area contributed by atoms with E-state index in [4.69, 9.17) is 4.74 Å². The molecule has 0 saturated carbocycles. The monoisotopic (exact) mass is 230 g/mol. The Bertz CT molecular complexity index is 445. The molecule has 17 heavy (non-hydrogen) atoms. The molecule has 2 heteroatoms. The maximum absolute atomic E-state index is 12.1. The Kier molecular flexibility index (Phi) is 3.16. The van der Waals surface area contributed by atoms with Crippen LogP contribution in [0.4, 0.5) is 0 Å². The number of hydrogen-bond donors (Lipinski definition) is 0. The standard InChI is InChI=1S/C15H18O2/c1-11(2)15(17-3)9-13(14(16)10-15)12-7-5-4-6-8-12/h4-9,11H,10H2,1-3H3. The molecule has 0 bridgehead atoms. The van der Waals surface area contributed by atoms with Crippen LogP contribution in [0.1, 0.15) is 25.8 Å². The normalized spacial score (nSPS) is 24.2. The van der Waals surface area contributed by atoms with Crippen molar-refractivity contribution in [2.45, 2.75) is 25.9 Å². The summed E-state index contributed by atoms with van der Waals surface area (Å²) < 4.78 is 5.59. The summed E-state index contributed by atoms with van der Waals surface area (Å²) in [5.74, 6) is 0.462. The minimum absolute atomic E-state index is 0.173. The Morgan fingerprint density at radius 2 is 1.88 bits per heavy atom. The molecule has 0 radical (unpaired) electrons. The van der Waals surface area contributed by atoms with Crippen LogP contribution >= 0.6 is 0 Å². The van der Waals surface area contributed by atoms with Gasteiger partial charge in [0.15, 0.2) is 5.78 Å². The molecule has 1 unspecified atom stereocenters. The summed E-state index contributed by atoms with van der Waals surface area (Å²) in [6, 6.07) is 9.79. The van der Waals surface area contributed by atoms with Crippen molar-refractivity contribution in [3.05, 3.63) is 42.0 Å². The van der Waals surface area contributed by atoms with Gasteiger partial charge >= 0.3 is 0 Å². The molecule has 0 spiro atoms. The maximum Gasteiger partial charge on any atom is 0.166 e. The molecule has 2 rings (SSSR count). The fourth-order valence-corrected chi connectivity index (χ4v) is 2.32. The molecule has 1 aliphatic carbocycles. The lowest BCUT2D eigenvalue weighted by Gasteiger charge is -2.29. The first-order valence-electron chi connectivity index (χ1n) is 5.96. The van der Waals surface area contributed by atoms with E-state index in [9.17, 15) is 4.79 Å². The number of benzene rings is 1. The van der Waals surface area contributed by atoms with Crippen LogP contribution in [0.25, 0.3) is 5.57 Å². The predicted molar refractivity (Wildman–Crippen MR) is 68.6 cm³/mol. The Morgan fingerprint density at radius 1 is 1.24 bits per heavy atom. The van der Waals surface area contributed by atoms with Crippen LogP contribution in [0.15, 0.2) is 36.4 Å². The summed E-state index contributed by atoms with van der Waals surface area (Å²) in [7, 11) is 1.68. The highest BCUT2D eigenvalue weighted by atomic mass is 16.5. The van der Waals surface area contributed by atoms with Crippen LogP contribution in [0.3, 0.4) is 0 Å². The summed E-state index contributed by atoms with van der Waals surface area (Å²) in [6.07, 6.45) is 2.45. The average Bonchev–Trinajstić information content (AvgIpc) is 2.69. The van der Waals surface area contributed by atoms with Crippen LogP contribution in [-0.4, -0.2) is 18.5 Å². The minimum Gasteiger partial charge on any atom is -0.373 e. The molecule has 0 aromatic heterocycles. The first-order valence-corrected chi connectivity index (χ1v) is 5.96. The van der Waals surface area contributed by atoms with Gasteiger partial charge in [0.05, 0.1) is 5.60 Å². The van der Waals surface area contributed by atoms with Crippen molar-refractivity contribution in [3.8, 4) is 0 Å². The topological polar surface area (TPSA) is 26.3 Å². The van der Waals surface area contributed by atoms with Crippen LogP contribution in [0.2, 0.25) is 0 Å². The van der Waals surface area contributed by atoms with Crippen molar-refractivity contribution < 1.29 is 9.53 Å². The molecule has 1 atom stereocenters. The highest BCUT2D eigenvalue weighted by Gasteiger charge is 2.41. The number of carbonyl (C=O) groups excluding carboxylic acids is 1. The second kappa shape index (κ2) is 4.46. The van der Waals surface area contributed by atoms with Gasteiger partial charge in [-0.1, -0.05) is 44.2 Å². The van der Waals surface area contributed by atoms with Crippen LogP contribution < -0.4 is 0 Å². The summed E-state index contributed by atoms with van der Waals surface area (Å²) in [4.78, 5) is 12.1. The zero-order chi connectivity index (χ0) is 12.5. The molecule has 0 fully saturated rings. The van der Waals surface area contributed by atoms with Crippen molar-refractivity contribution in [1.29, 1.82) is 0 Å². The van der Waals surface area contributed by atoms with Gasteiger partial charge in [0.25, 0.3) is 0 Å². The zero-order valence-electron chi connectivity index (χ0n) is 10.6. The van der Waals surface area contributed by atoms with Crippen molar-refractivity contribution in [2.24, 2.45) is 5.92 Å². The number of ketones is 1. The van der Waals surface area contributed by atoms with Gasteiger partial charge in [-0.05, 0) is 17.6 Å². The summed E-state index contributed by atoms with van der Waals surface area (Å²) >= 11 is 0. The SMILES string of the molecule is COC1(C(C)C)C=C(c2ccccc2)C(=O)C1. The molecule has 1 aromatic rings. The molecule has 0 saturated heterocycles. The van der Waals surface area contributed by atoms with E-state index < -0.39 is 5.60 Å². The molecule has 0 amide bonds. The summed E-state index contributed by atoms with van der Waals surface area (Å²) in [5, 5.41) is 0. The first kappa shape index (κ1) is 12.1. The molecular formula is C15H18O2.